The van der Waals surface area contributed by atoms with Crippen LogP contribution in [0.2, 0.25) is 0 Å². The van der Waals surface area contributed by atoms with Crippen LogP contribution in [0, 0.1) is 12.7 Å². The Balaban J connectivity index is 2.09. The molecule has 1 heterocycles. The number of hydrogen-bond acceptors (Lipinski definition) is 5. The van der Waals surface area contributed by atoms with E-state index in [1.807, 2.05) is 0 Å². The number of thioether (sulfide) groups is 1. The highest BCUT2D eigenvalue weighted by atomic mass is 32.2. The van der Waals surface area contributed by atoms with Crippen LogP contribution in [0.1, 0.15) is 21.9 Å². The first-order valence-corrected chi connectivity index (χ1v) is 6.85. The predicted octanol–water partition coefficient (Wildman–Crippen LogP) is 3.39. The van der Waals surface area contributed by atoms with Crippen molar-refractivity contribution in [3.63, 3.8) is 0 Å². The van der Waals surface area contributed by atoms with Gasteiger partial charge in [-0.2, -0.15) is 0 Å². The molecule has 0 aliphatic rings. The molecule has 0 saturated carbocycles. The molecule has 0 radical (unpaired) electrons. The topological polar surface area (TPSA) is 65.5 Å². The monoisotopic (exact) mass is 295 g/mol. The molecule has 0 aliphatic carbocycles. The van der Waals surface area contributed by atoms with Gasteiger partial charge in [-0.05, 0) is 31.2 Å². The molecular weight excluding hydrogens is 281 g/mol. The summed E-state index contributed by atoms with van der Waals surface area (Å²) in [6.45, 7) is 1.70. The van der Waals surface area contributed by atoms with Crippen LogP contribution in [0.5, 0.6) is 0 Å². The van der Waals surface area contributed by atoms with Crippen molar-refractivity contribution in [2.75, 3.05) is 12.8 Å². The molecule has 20 heavy (non-hydrogen) atoms. The third-order valence-electron chi connectivity index (χ3n) is 2.72. The van der Waals surface area contributed by atoms with Gasteiger partial charge in [0.05, 0.1) is 12.9 Å². The Morgan fingerprint density at radius 1 is 1.45 bits per heavy atom. The van der Waals surface area contributed by atoms with Gasteiger partial charge in [-0.15, -0.1) is 11.8 Å². The van der Waals surface area contributed by atoms with Gasteiger partial charge in [-0.1, -0.05) is 0 Å². The standard InChI is InChI=1S/C14H14FNO3S/c1-8-11(14(17)18-2)6-10(19-8)7-20-13-4-3-9(15)5-12(13)16/h3-6H,7,16H2,1-2H3. The third kappa shape index (κ3) is 3.14. The number of furan rings is 1. The van der Waals surface area contributed by atoms with Gasteiger partial charge in [0.2, 0.25) is 0 Å². The molecule has 106 valence electrons. The minimum absolute atomic E-state index is 0.367. The van der Waals surface area contributed by atoms with Crippen LogP contribution in [-0.2, 0) is 10.5 Å². The van der Waals surface area contributed by atoms with Crippen molar-refractivity contribution < 1.29 is 18.3 Å². The van der Waals surface area contributed by atoms with Gasteiger partial charge in [0.1, 0.15) is 22.9 Å². The first kappa shape index (κ1) is 14.5. The van der Waals surface area contributed by atoms with E-state index in [0.29, 0.717) is 28.5 Å². The van der Waals surface area contributed by atoms with Crippen LogP contribution < -0.4 is 5.73 Å². The van der Waals surface area contributed by atoms with Crippen LogP contribution >= 0.6 is 11.8 Å². The fourth-order valence-electron chi connectivity index (χ4n) is 1.73. The highest BCUT2D eigenvalue weighted by Gasteiger charge is 2.15. The molecule has 0 unspecified atom stereocenters. The molecular formula is C14H14FNO3S. The number of carbonyl (C=O) groups is 1. The molecule has 2 aromatic rings. The first-order valence-electron chi connectivity index (χ1n) is 5.86. The quantitative estimate of drug-likeness (QED) is 0.532. The zero-order chi connectivity index (χ0) is 14.7. The molecule has 0 spiro atoms. The molecule has 1 aromatic heterocycles. The summed E-state index contributed by atoms with van der Waals surface area (Å²) in [6.07, 6.45) is 0. The Kier molecular flexibility index (Phi) is 4.34. The molecule has 0 fully saturated rings. The summed E-state index contributed by atoms with van der Waals surface area (Å²) in [5, 5.41) is 0. The van der Waals surface area contributed by atoms with Gasteiger partial charge in [0.15, 0.2) is 0 Å². The second-order valence-electron chi connectivity index (χ2n) is 4.14. The minimum Gasteiger partial charge on any atom is -0.465 e. The van der Waals surface area contributed by atoms with Crippen LogP contribution in [0.15, 0.2) is 33.6 Å². The van der Waals surface area contributed by atoms with Gasteiger partial charge in [-0.3, -0.25) is 0 Å². The highest BCUT2D eigenvalue weighted by Crippen LogP contribution is 2.30. The van der Waals surface area contributed by atoms with Gasteiger partial charge in [0, 0.05) is 10.6 Å². The molecule has 2 rings (SSSR count). The maximum Gasteiger partial charge on any atom is 0.341 e. The van der Waals surface area contributed by atoms with Crippen molar-refractivity contribution >= 4 is 23.4 Å². The van der Waals surface area contributed by atoms with E-state index in [1.165, 1.54) is 31.0 Å². The normalized spacial score (nSPS) is 10.6. The number of aryl methyl sites for hydroxylation is 1. The molecule has 0 aliphatic heterocycles. The number of hydrogen-bond donors (Lipinski definition) is 1. The summed E-state index contributed by atoms with van der Waals surface area (Å²) in [5.41, 5.74) is 6.52. The van der Waals surface area contributed by atoms with E-state index >= 15 is 0 Å². The summed E-state index contributed by atoms with van der Waals surface area (Å²) in [5.74, 6) is 0.849. The summed E-state index contributed by atoms with van der Waals surface area (Å²) >= 11 is 1.41. The van der Waals surface area contributed by atoms with Crippen molar-refractivity contribution in [1.29, 1.82) is 0 Å². The van der Waals surface area contributed by atoms with Crippen LogP contribution in [-0.4, -0.2) is 13.1 Å². The summed E-state index contributed by atoms with van der Waals surface area (Å²) in [7, 11) is 1.32. The first-order chi connectivity index (χ1) is 9.51. The summed E-state index contributed by atoms with van der Waals surface area (Å²) in [4.78, 5) is 12.2. The van der Waals surface area contributed by atoms with Crippen LogP contribution in [0.4, 0.5) is 10.1 Å². The molecule has 6 heteroatoms. The number of nitrogen functional groups attached to an aromatic ring is 1. The molecule has 2 N–H and O–H groups in total. The number of halogens is 1. The Bertz CT molecular complexity index is 639. The number of esters is 1. The maximum absolute atomic E-state index is 12.9. The maximum atomic E-state index is 12.9. The Labute approximate surface area is 120 Å². The number of methoxy groups -OCH3 is 1. The van der Waals surface area contributed by atoms with Crippen molar-refractivity contribution in [2.45, 2.75) is 17.6 Å². The van der Waals surface area contributed by atoms with Gasteiger partial charge in [0.25, 0.3) is 0 Å². The molecule has 0 saturated heterocycles. The Hall–Kier alpha value is -1.95. The van der Waals surface area contributed by atoms with Crippen LogP contribution in [0.3, 0.4) is 0 Å². The van der Waals surface area contributed by atoms with Crippen molar-refractivity contribution in [3.05, 3.63) is 47.2 Å². The minimum atomic E-state index is -0.427. The number of carbonyl (C=O) groups excluding carboxylic acids is 1. The van der Waals surface area contributed by atoms with Crippen molar-refractivity contribution in [1.82, 2.24) is 0 Å². The SMILES string of the molecule is COC(=O)c1cc(CSc2ccc(F)cc2N)oc1C. The largest absolute Gasteiger partial charge is 0.465 e. The van der Waals surface area contributed by atoms with E-state index < -0.39 is 5.97 Å². The summed E-state index contributed by atoms with van der Waals surface area (Å²) in [6, 6.07) is 5.89. The second-order valence-corrected chi connectivity index (χ2v) is 5.16. The Morgan fingerprint density at radius 2 is 2.20 bits per heavy atom. The molecule has 0 atom stereocenters. The fourth-order valence-corrected chi connectivity index (χ4v) is 2.56. The Morgan fingerprint density at radius 3 is 2.85 bits per heavy atom. The summed E-state index contributed by atoms with van der Waals surface area (Å²) < 4.78 is 23.1. The van der Waals surface area contributed by atoms with Gasteiger partial charge < -0.3 is 14.9 Å². The number of nitrogens with two attached hydrogens (primary N) is 1. The molecule has 4 nitrogen and oxygen atoms in total. The van der Waals surface area contributed by atoms with Crippen LogP contribution in [0.25, 0.3) is 0 Å². The average Bonchev–Trinajstić information content (AvgIpc) is 2.78. The van der Waals surface area contributed by atoms with E-state index in [1.54, 1.807) is 19.1 Å². The lowest BCUT2D eigenvalue weighted by Gasteiger charge is -2.03. The number of ether oxygens (including phenoxy) is 1. The van der Waals surface area contributed by atoms with E-state index in [-0.39, 0.29) is 5.82 Å². The molecule has 1 aromatic carbocycles. The lowest BCUT2D eigenvalue weighted by atomic mass is 10.2. The number of rotatable bonds is 4. The smallest absolute Gasteiger partial charge is 0.341 e. The van der Waals surface area contributed by atoms with Crippen molar-refractivity contribution in [2.24, 2.45) is 0 Å². The highest BCUT2D eigenvalue weighted by molar-refractivity contribution is 7.98. The van der Waals surface area contributed by atoms with Gasteiger partial charge >= 0.3 is 5.97 Å². The second kappa shape index (κ2) is 6.00. The van der Waals surface area contributed by atoms with E-state index in [9.17, 15) is 9.18 Å². The van der Waals surface area contributed by atoms with Crippen molar-refractivity contribution in [3.8, 4) is 0 Å². The van der Waals surface area contributed by atoms with E-state index in [4.69, 9.17) is 10.2 Å². The third-order valence-corrected chi connectivity index (χ3v) is 3.83. The zero-order valence-corrected chi connectivity index (χ0v) is 11.9. The number of anilines is 1. The number of benzene rings is 1. The predicted molar refractivity (Wildman–Crippen MR) is 75.2 cm³/mol. The van der Waals surface area contributed by atoms with E-state index in [2.05, 4.69) is 4.74 Å². The van der Waals surface area contributed by atoms with E-state index in [0.717, 1.165) is 4.90 Å². The fraction of sp³-hybridized carbons (Fsp3) is 0.214. The molecule has 0 amide bonds. The van der Waals surface area contributed by atoms with Gasteiger partial charge in [-0.25, -0.2) is 9.18 Å². The zero-order valence-electron chi connectivity index (χ0n) is 11.1. The lowest BCUT2D eigenvalue weighted by molar-refractivity contribution is 0.0599. The average molecular weight is 295 g/mol. The lowest BCUT2D eigenvalue weighted by Crippen LogP contribution is -2.00. The molecule has 0 bridgehead atoms.